The fourth-order valence-corrected chi connectivity index (χ4v) is 5.07. The van der Waals surface area contributed by atoms with Gasteiger partial charge < -0.3 is 4.90 Å². The summed E-state index contributed by atoms with van der Waals surface area (Å²) >= 11 is 6.95. The van der Waals surface area contributed by atoms with Crippen molar-refractivity contribution in [3.8, 4) is 0 Å². The molecule has 3 heterocycles. The summed E-state index contributed by atoms with van der Waals surface area (Å²) in [5.41, 5.74) is 2.03. The molecule has 0 unspecified atom stereocenters. The number of hydrogen-bond donors (Lipinski definition) is 0. The minimum atomic E-state index is 0.0427. The first-order chi connectivity index (χ1) is 11.2. The average molecular weight is 404 g/mol. The summed E-state index contributed by atoms with van der Waals surface area (Å²) in [6, 6.07) is 14.0. The number of fused-ring (bicyclic) bond motifs is 1. The third-order valence-corrected chi connectivity index (χ3v) is 6.58. The highest BCUT2D eigenvalue weighted by Gasteiger charge is 2.33. The second-order valence-electron chi connectivity index (χ2n) is 5.47. The van der Waals surface area contributed by atoms with Crippen LogP contribution < -0.4 is 0 Å². The molecule has 1 aliphatic rings. The van der Waals surface area contributed by atoms with E-state index in [1.54, 1.807) is 22.7 Å². The summed E-state index contributed by atoms with van der Waals surface area (Å²) in [4.78, 5) is 17.7. The second kappa shape index (κ2) is 6.23. The maximum absolute atomic E-state index is 13.1. The van der Waals surface area contributed by atoms with Gasteiger partial charge in [0, 0.05) is 26.3 Å². The average Bonchev–Trinajstić information content (AvgIpc) is 3.25. The third-order valence-electron chi connectivity index (χ3n) is 4.13. The maximum Gasteiger partial charge on any atom is 0.254 e. The number of carbonyl (C=O) groups excluding carboxylic acids is 1. The third kappa shape index (κ3) is 2.77. The number of amides is 1. The van der Waals surface area contributed by atoms with Crippen molar-refractivity contribution in [1.82, 2.24) is 4.90 Å². The topological polar surface area (TPSA) is 20.3 Å². The van der Waals surface area contributed by atoms with Gasteiger partial charge in [-0.1, -0.05) is 22.0 Å². The number of benzene rings is 1. The molecule has 1 amide bonds. The number of rotatable bonds is 2. The van der Waals surface area contributed by atoms with Crippen molar-refractivity contribution in [2.45, 2.75) is 12.5 Å². The largest absolute Gasteiger partial charge is 0.326 e. The van der Waals surface area contributed by atoms with Crippen LogP contribution in [0, 0.1) is 0 Å². The minimum absolute atomic E-state index is 0.0427. The van der Waals surface area contributed by atoms with E-state index >= 15 is 0 Å². The van der Waals surface area contributed by atoms with E-state index in [4.69, 9.17) is 0 Å². The van der Waals surface area contributed by atoms with Crippen LogP contribution >= 0.6 is 38.6 Å². The zero-order valence-corrected chi connectivity index (χ0v) is 15.5. The molecule has 0 spiro atoms. The van der Waals surface area contributed by atoms with Crippen molar-refractivity contribution in [2.24, 2.45) is 0 Å². The lowest BCUT2D eigenvalue weighted by molar-refractivity contribution is 0.0699. The zero-order valence-electron chi connectivity index (χ0n) is 12.2. The molecular weight excluding hydrogens is 390 g/mol. The van der Waals surface area contributed by atoms with E-state index in [9.17, 15) is 4.79 Å². The lowest BCUT2D eigenvalue weighted by Crippen LogP contribution is -2.39. The predicted octanol–water partition coefficient (Wildman–Crippen LogP) is 5.36. The lowest BCUT2D eigenvalue weighted by atomic mass is 9.97. The first-order valence-corrected chi connectivity index (χ1v) is 9.95. The first kappa shape index (κ1) is 15.1. The Balaban J connectivity index is 1.75. The van der Waals surface area contributed by atoms with Gasteiger partial charge in [-0.15, -0.1) is 22.7 Å². The van der Waals surface area contributed by atoms with Crippen molar-refractivity contribution in [3.05, 3.63) is 78.6 Å². The molecule has 116 valence electrons. The molecule has 0 aliphatic carbocycles. The minimum Gasteiger partial charge on any atom is -0.326 e. The van der Waals surface area contributed by atoms with Crippen LogP contribution in [0.4, 0.5) is 0 Å². The highest BCUT2D eigenvalue weighted by atomic mass is 79.9. The first-order valence-electron chi connectivity index (χ1n) is 7.40. The smallest absolute Gasteiger partial charge is 0.254 e. The van der Waals surface area contributed by atoms with Gasteiger partial charge in [0.25, 0.3) is 5.91 Å². The Morgan fingerprint density at radius 1 is 1.09 bits per heavy atom. The maximum atomic E-state index is 13.1. The summed E-state index contributed by atoms with van der Waals surface area (Å²) in [7, 11) is 0. The Morgan fingerprint density at radius 2 is 1.91 bits per heavy atom. The van der Waals surface area contributed by atoms with E-state index in [2.05, 4.69) is 44.9 Å². The zero-order chi connectivity index (χ0) is 15.8. The van der Waals surface area contributed by atoms with E-state index in [-0.39, 0.29) is 11.9 Å². The molecule has 0 fully saturated rings. The molecule has 0 N–H and O–H groups in total. The molecule has 0 radical (unpaired) electrons. The fraction of sp³-hybridized carbons (Fsp3) is 0.167. The lowest BCUT2D eigenvalue weighted by Gasteiger charge is -2.35. The molecule has 0 saturated carbocycles. The van der Waals surface area contributed by atoms with Gasteiger partial charge in [-0.25, -0.2) is 0 Å². The normalized spacial score (nSPS) is 17.1. The SMILES string of the molecule is O=C(c1ccc(Br)cc1)N1CCc2sccc2[C@@H]1c1cccs1. The van der Waals surface area contributed by atoms with Crippen LogP contribution in [0.3, 0.4) is 0 Å². The molecule has 0 saturated heterocycles. The molecule has 1 atom stereocenters. The quantitative estimate of drug-likeness (QED) is 0.563. The summed E-state index contributed by atoms with van der Waals surface area (Å²) in [5.74, 6) is 0.104. The van der Waals surface area contributed by atoms with Crippen LogP contribution in [0.25, 0.3) is 0 Å². The van der Waals surface area contributed by atoms with Crippen molar-refractivity contribution < 1.29 is 4.79 Å². The predicted molar refractivity (Wildman–Crippen MR) is 99.4 cm³/mol. The van der Waals surface area contributed by atoms with Gasteiger partial charge in [0.05, 0.1) is 6.04 Å². The molecule has 5 heteroatoms. The van der Waals surface area contributed by atoms with Gasteiger partial charge in [-0.05, 0) is 59.1 Å². The van der Waals surface area contributed by atoms with E-state index in [1.165, 1.54) is 15.3 Å². The van der Waals surface area contributed by atoms with Crippen LogP contribution in [0.2, 0.25) is 0 Å². The molecule has 3 aromatic rings. The highest BCUT2D eigenvalue weighted by molar-refractivity contribution is 9.10. The van der Waals surface area contributed by atoms with Crippen molar-refractivity contribution in [3.63, 3.8) is 0 Å². The fourth-order valence-electron chi connectivity index (χ4n) is 3.05. The molecule has 1 aliphatic heterocycles. The Bertz CT molecular complexity index is 823. The Hall–Kier alpha value is -1.43. The van der Waals surface area contributed by atoms with Crippen LogP contribution in [0.5, 0.6) is 0 Å². The number of halogens is 1. The molecule has 4 rings (SSSR count). The molecule has 0 bridgehead atoms. The van der Waals surface area contributed by atoms with Crippen LogP contribution in [-0.4, -0.2) is 17.4 Å². The Morgan fingerprint density at radius 3 is 2.65 bits per heavy atom. The summed E-state index contributed by atoms with van der Waals surface area (Å²) in [6.45, 7) is 0.769. The summed E-state index contributed by atoms with van der Waals surface area (Å²) in [5, 5.41) is 4.22. The Kier molecular flexibility index (Phi) is 4.09. The van der Waals surface area contributed by atoms with Gasteiger partial charge >= 0.3 is 0 Å². The van der Waals surface area contributed by atoms with Gasteiger partial charge in [0.15, 0.2) is 0 Å². The van der Waals surface area contributed by atoms with Gasteiger partial charge in [-0.3, -0.25) is 4.79 Å². The van der Waals surface area contributed by atoms with E-state index in [0.717, 1.165) is 23.0 Å². The number of hydrogen-bond acceptors (Lipinski definition) is 3. The van der Waals surface area contributed by atoms with Crippen LogP contribution in [0.15, 0.2) is 57.7 Å². The molecule has 2 nitrogen and oxygen atoms in total. The number of nitrogens with zero attached hydrogens (tertiary/aromatic N) is 1. The molecule has 23 heavy (non-hydrogen) atoms. The van der Waals surface area contributed by atoms with E-state index in [1.807, 2.05) is 29.2 Å². The molecule has 1 aromatic carbocycles. The van der Waals surface area contributed by atoms with Gasteiger partial charge in [0.1, 0.15) is 0 Å². The Labute approximate surface area is 151 Å². The van der Waals surface area contributed by atoms with Crippen LogP contribution in [0.1, 0.15) is 31.7 Å². The number of carbonyl (C=O) groups is 1. The van der Waals surface area contributed by atoms with E-state index < -0.39 is 0 Å². The van der Waals surface area contributed by atoms with Crippen molar-refractivity contribution in [1.29, 1.82) is 0 Å². The molecular formula is C18H14BrNOS2. The van der Waals surface area contributed by atoms with Crippen molar-refractivity contribution in [2.75, 3.05) is 6.54 Å². The second-order valence-corrected chi connectivity index (χ2v) is 8.37. The highest BCUT2D eigenvalue weighted by Crippen LogP contribution is 2.40. The van der Waals surface area contributed by atoms with Gasteiger partial charge in [0.2, 0.25) is 0 Å². The number of thiophene rings is 2. The molecule has 2 aromatic heterocycles. The standard InChI is InChI=1S/C18H14BrNOS2/c19-13-5-3-12(4-6-13)18(21)20-9-7-15-14(8-11-23-15)17(20)16-2-1-10-22-16/h1-6,8,10-11,17H,7,9H2/t17-/m1/s1. The monoisotopic (exact) mass is 403 g/mol. The van der Waals surface area contributed by atoms with Crippen LogP contribution in [-0.2, 0) is 6.42 Å². The van der Waals surface area contributed by atoms with Gasteiger partial charge in [-0.2, -0.15) is 0 Å². The van der Waals surface area contributed by atoms with Crippen molar-refractivity contribution >= 4 is 44.5 Å². The van der Waals surface area contributed by atoms with E-state index in [0.29, 0.717) is 0 Å². The summed E-state index contributed by atoms with van der Waals surface area (Å²) < 4.78 is 0.989. The summed E-state index contributed by atoms with van der Waals surface area (Å²) in [6.07, 6.45) is 0.942.